The van der Waals surface area contributed by atoms with Gasteiger partial charge in [-0.25, -0.2) is 19.1 Å². The van der Waals surface area contributed by atoms with E-state index in [4.69, 9.17) is 28.4 Å². The van der Waals surface area contributed by atoms with Gasteiger partial charge in [-0.05, 0) is 12.1 Å². The maximum atomic E-state index is 11.8. The molecule has 1 aromatic rings. The van der Waals surface area contributed by atoms with E-state index in [2.05, 4.69) is 5.10 Å². The lowest BCUT2D eigenvalue weighted by molar-refractivity contribution is 0.0697. The average Bonchev–Trinajstić information content (AvgIpc) is 2.38. The Balaban J connectivity index is 3.36. The predicted molar refractivity (Wildman–Crippen MR) is 86.4 cm³/mol. The molecule has 1 aromatic carbocycles. The van der Waals surface area contributed by atoms with Crippen molar-refractivity contribution in [3.05, 3.63) is 28.3 Å². The van der Waals surface area contributed by atoms with E-state index in [1.807, 2.05) is 0 Å². The topological polar surface area (TPSA) is 139 Å². The number of aromatic carboxylic acids is 1. The quantitative estimate of drug-likeness (QED) is 0.306. The average molecular weight is 367 g/mol. The van der Waals surface area contributed by atoms with Gasteiger partial charge in [-0.15, -0.1) is 0 Å². The lowest BCUT2D eigenvalue weighted by Gasteiger charge is -2.15. The fourth-order valence-corrected chi connectivity index (χ4v) is 3.94. The van der Waals surface area contributed by atoms with Gasteiger partial charge in [0.2, 0.25) is 0 Å². The minimum Gasteiger partial charge on any atom is -0.478 e. The number of hydrazone groups is 1. The molecule has 0 atom stereocenters. The smallest absolute Gasteiger partial charge is 0.337 e. The van der Waals surface area contributed by atoms with Crippen LogP contribution in [0.4, 0.5) is 0 Å². The molecular weight excluding hydrogens is 352 g/mol. The third-order valence-corrected chi connectivity index (χ3v) is 5.29. The van der Waals surface area contributed by atoms with Crippen LogP contribution in [-0.4, -0.2) is 43.0 Å². The van der Waals surface area contributed by atoms with Crippen molar-refractivity contribution in [3.8, 4) is 0 Å². The van der Waals surface area contributed by atoms with Gasteiger partial charge in [0, 0.05) is 24.6 Å². The van der Waals surface area contributed by atoms with Crippen molar-refractivity contribution in [2.45, 2.75) is 10.6 Å². The first kappa shape index (κ1) is 18.6. The third kappa shape index (κ3) is 4.26. The number of hydrazine groups is 1. The summed E-state index contributed by atoms with van der Waals surface area (Å²) in [7, 11) is -2.07. The summed E-state index contributed by atoms with van der Waals surface area (Å²) in [6.07, 6.45) is 1.01. The highest BCUT2D eigenvalue weighted by Gasteiger charge is 2.22. The van der Waals surface area contributed by atoms with Gasteiger partial charge in [-0.3, -0.25) is 5.01 Å². The Labute approximate surface area is 137 Å². The molecule has 0 amide bonds. The zero-order valence-corrected chi connectivity index (χ0v) is 14.2. The Bertz CT molecular complexity index is 719. The van der Waals surface area contributed by atoms with Crippen molar-refractivity contribution in [2.75, 3.05) is 13.3 Å². The number of rotatable bonds is 4. The molecule has 0 bridgehead atoms. The number of sulfone groups is 1. The van der Waals surface area contributed by atoms with Crippen LogP contribution in [0.1, 0.15) is 15.9 Å². The van der Waals surface area contributed by atoms with E-state index in [-0.39, 0.29) is 32.0 Å². The number of nitrogens with zero attached hydrogens (tertiary/aromatic N) is 2. The fraction of sp³-hybridized carbons (Fsp3) is 0.273. The summed E-state index contributed by atoms with van der Waals surface area (Å²) < 4.78 is 23.7. The second-order valence-corrected chi connectivity index (χ2v) is 7.60. The van der Waals surface area contributed by atoms with E-state index in [1.54, 1.807) is 0 Å². The van der Waals surface area contributed by atoms with Crippen molar-refractivity contribution in [1.82, 2.24) is 5.01 Å². The van der Waals surface area contributed by atoms with Gasteiger partial charge in [0.05, 0.1) is 15.5 Å². The normalized spacial score (nSPS) is 12.3. The van der Waals surface area contributed by atoms with Crippen LogP contribution in [-0.2, 0) is 15.6 Å². The first-order chi connectivity index (χ1) is 10.1. The molecule has 8 nitrogen and oxygen atoms in total. The van der Waals surface area contributed by atoms with Crippen LogP contribution in [0.3, 0.4) is 0 Å². The number of nitrogens with two attached hydrogens (primary N) is 2. The van der Waals surface area contributed by atoms with E-state index >= 15 is 0 Å². The van der Waals surface area contributed by atoms with E-state index in [0.717, 1.165) is 29.1 Å². The molecule has 0 aromatic heterocycles. The van der Waals surface area contributed by atoms with Crippen LogP contribution in [0.2, 0.25) is 5.02 Å². The molecule has 0 heterocycles. The molecule has 0 saturated carbocycles. The van der Waals surface area contributed by atoms with E-state index in [0.29, 0.717) is 0 Å². The van der Waals surface area contributed by atoms with Crippen LogP contribution in [0.5, 0.6) is 0 Å². The van der Waals surface area contributed by atoms with Crippen molar-refractivity contribution >= 4 is 44.3 Å². The standard InChI is InChI=1S/C11H15ClN4O4S2/c1-16(14)11(15-13)21-5-7-8(22(2,19)20)4-3-6(9(7)12)10(17)18/h3-4H,5,13-14H2,1-2H3,(H,17,18)/b15-11+. The van der Waals surface area contributed by atoms with Gasteiger partial charge in [0.15, 0.2) is 15.0 Å². The third-order valence-electron chi connectivity index (χ3n) is 2.59. The highest BCUT2D eigenvalue weighted by molar-refractivity contribution is 8.13. The lowest BCUT2D eigenvalue weighted by Crippen LogP contribution is -2.32. The number of halogens is 1. The number of benzene rings is 1. The van der Waals surface area contributed by atoms with Gasteiger partial charge in [0.25, 0.3) is 0 Å². The van der Waals surface area contributed by atoms with Crippen molar-refractivity contribution in [3.63, 3.8) is 0 Å². The lowest BCUT2D eigenvalue weighted by atomic mass is 10.1. The summed E-state index contributed by atoms with van der Waals surface area (Å²) in [5.74, 6) is 9.48. The summed E-state index contributed by atoms with van der Waals surface area (Å²) >= 11 is 7.08. The molecule has 0 aliphatic carbocycles. The molecule has 0 radical (unpaired) electrons. The zero-order chi connectivity index (χ0) is 17.1. The number of carbonyl (C=O) groups is 1. The van der Waals surface area contributed by atoms with Crippen molar-refractivity contribution in [1.29, 1.82) is 0 Å². The Hall–Kier alpha value is -1.49. The number of carboxylic acid groups (broad SMARTS) is 1. The Morgan fingerprint density at radius 1 is 1.50 bits per heavy atom. The van der Waals surface area contributed by atoms with Crippen molar-refractivity contribution in [2.24, 2.45) is 16.8 Å². The van der Waals surface area contributed by atoms with Crippen molar-refractivity contribution < 1.29 is 18.3 Å². The minimum atomic E-state index is -3.58. The zero-order valence-electron chi connectivity index (χ0n) is 11.8. The number of thioether (sulfide) groups is 1. The maximum absolute atomic E-state index is 11.8. The highest BCUT2D eigenvalue weighted by Crippen LogP contribution is 2.31. The van der Waals surface area contributed by atoms with Gasteiger partial charge in [0.1, 0.15) is 0 Å². The summed E-state index contributed by atoms with van der Waals surface area (Å²) in [5.41, 5.74) is -0.0194. The number of carboxylic acids is 1. The number of hydrogen-bond donors (Lipinski definition) is 3. The summed E-state index contributed by atoms with van der Waals surface area (Å²) in [4.78, 5) is 11.1. The SMILES string of the molecule is CN(N)/C(=N\N)SCc1c(S(C)(=O)=O)ccc(C(=O)O)c1Cl. The molecule has 0 saturated heterocycles. The Morgan fingerprint density at radius 2 is 2.09 bits per heavy atom. The van der Waals surface area contributed by atoms with Gasteiger partial charge in [-0.2, -0.15) is 5.10 Å². The first-order valence-corrected chi connectivity index (χ1v) is 8.99. The van der Waals surface area contributed by atoms with Gasteiger partial charge >= 0.3 is 5.97 Å². The summed E-state index contributed by atoms with van der Waals surface area (Å²) in [6.45, 7) is 0. The molecule has 0 fully saturated rings. The number of hydrogen-bond acceptors (Lipinski definition) is 7. The highest BCUT2D eigenvalue weighted by atomic mass is 35.5. The van der Waals surface area contributed by atoms with Crippen LogP contribution in [0.15, 0.2) is 22.1 Å². The molecule has 11 heteroatoms. The van der Waals surface area contributed by atoms with Gasteiger partial charge in [-0.1, -0.05) is 23.4 Å². The fourth-order valence-electron chi connectivity index (χ4n) is 1.62. The Kier molecular flexibility index (Phi) is 6.06. The molecule has 1 rings (SSSR count). The summed E-state index contributed by atoms with van der Waals surface area (Å²) in [6, 6.07) is 2.37. The molecule has 22 heavy (non-hydrogen) atoms. The predicted octanol–water partition coefficient (Wildman–Crippen LogP) is 0.710. The molecular formula is C11H15ClN4O4S2. The van der Waals surface area contributed by atoms with Crippen LogP contribution >= 0.6 is 23.4 Å². The largest absolute Gasteiger partial charge is 0.478 e. The summed E-state index contributed by atoms with van der Waals surface area (Å²) in [5, 5.41) is 13.8. The van der Waals surface area contributed by atoms with E-state index < -0.39 is 15.8 Å². The monoisotopic (exact) mass is 366 g/mol. The van der Waals surface area contributed by atoms with E-state index in [9.17, 15) is 13.2 Å². The maximum Gasteiger partial charge on any atom is 0.337 e. The molecule has 0 unspecified atom stereocenters. The Morgan fingerprint density at radius 3 is 2.50 bits per heavy atom. The van der Waals surface area contributed by atoms with Crippen LogP contribution in [0.25, 0.3) is 0 Å². The molecule has 5 N–H and O–H groups in total. The second kappa shape index (κ2) is 7.18. The minimum absolute atomic E-state index is 0.0416. The first-order valence-electron chi connectivity index (χ1n) is 5.73. The second-order valence-electron chi connectivity index (χ2n) is 4.29. The number of amidine groups is 1. The molecule has 0 aliphatic heterocycles. The molecule has 0 spiro atoms. The van der Waals surface area contributed by atoms with Crippen LogP contribution in [0, 0.1) is 0 Å². The van der Waals surface area contributed by atoms with Crippen LogP contribution < -0.4 is 11.7 Å². The van der Waals surface area contributed by atoms with E-state index in [1.165, 1.54) is 13.1 Å². The molecule has 122 valence electrons. The van der Waals surface area contributed by atoms with Gasteiger partial charge < -0.3 is 10.9 Å². The molecule has 0 aliphatic rings.